The third kappa shape index (κ3) is 2.99. The summed E-state index contributed by atoms with van der Waals surface area (Å²) in [5, 5.41) is 25.1. The number of benzene rings is 1. The van der Waals surface area contributed by atoms with Crippen LogP contribution in [-0.2, 0) is 9.47 Å². The predicted octanol–water partition coefficient (Wildman–Crippen LogP) is 0.372. The van der Waals surface area contributed by atoms with Gasteiger partial charge in [0.1, 0.15) is 18.3 Å². The van der Waals surface area contributed by atoms with Gasteiger partial charge in [0, 0.05) is 5.69 Å². The Bertz CT molecular complexity index is 572. The first-order valence-corrected chi connectivity index (χ1v) is 7.07. The van der Waals surface area contributed by atoms with Crippen LogP contribution in [0.4, 0.5) is 5.69 Å². The summed E-state index contributed by atoms with van der Waals surface area (Å²) in [5.74, 6) is 0. The zero-order chi connectivity index (χ0) is 14.8. The fourth-order valence-corrected chi connectivity index (χ4v) is 2.84. The number of anilines is 1. The summed E-state index contributed by atoms with van der Waals surface area (Å²) in [6.07, 6.45) is -1.03. The Kier molecular flexibility index (Phi) is 4.03. The number of hydrogen-bond acceptors (Lipinski definition) is 5. The molecular weight excluding hydrogens is 290 g/mol. The van der Waals surface area contributed by atoms with E-state index in [-0.39, 0.29) is 18.2 Å². The van der Waals surface area contributed by atoms with E-state index < -0.39 is 6.10 Å². The van der Waals surface area contributed by atoms with Gasteiger partial charge in [0.15, 0.2) is 5.11 Å². The molecule has 6 nitrogen and oxygen atoms in total. The van der Waals surface area contributed by atoms with Crippen molar-refractivity contribution in [3.8, 4) is 6.07 Å². The van der Waals surface area contributed by atoms with Crippen molar-refractivity contribution >= 4 is 23.0 Å². The van der Waals surface area contributed by atoms with Gasteiger partial charge in [0.05, 0.1) is 30.9 Å². The molecule has 2 fully saturated rings. The molecule has 3 N–H and O–H groups in total. The average Bonchev–Trinajstić information content (AvgIpc) is 3.04. The SMILES string of the molecule is N#Cc1ccc(NC(=S)NC2COC3C(O)COC23)cc1. The fraction of sp³-hybridized carbons (Fsp3) is 0.429. The number of rotatable bonds is 2. The number of nitrogens with one attached hydrogen (secondary N) is 2. The normalized spacial score (nSPS) is 30.5. The molecule has 0 radical (unpaired) electrons. The van der Waals surface area contributed by atoms with Crippen molar-refractivity contribution < 1.29 is 14.6 Å². The number of aliphatic hydroxyl groups is 1. The van der Waals surface area contributed by atoms with Gasteiger partial charge in [0.25, 0.3) is 0 Å². The van der Waals surface area contributed by atoms with Gasteiger partial charge in [-0.15, -0.1) is 0 Å². The summed E-state index contributed by atoms with van der Waals surface area (Å²) in [7, 11) is 0. The minimum atomic E-state index is -0.568. The van der Waals surface area contributed by atoms with Crippen molar-refractivity contribution in [1.82, 2.24) is 5.32 Å². The highest BCUT2D eigenvalue weighted by molar-refractivity contribution is 7.80. The average molecular weight is 305 g/mol. The highest BCUT2D eigenvalue weighted by Crippen LogP contribution is 2.26. The summed E-state index contributed by atoms with van der Waals surface area (Å²) in [4.78, 5) is 0. The quantitative estimate of drug-likeness (QED) is 0.681. The van der Waals surface area contributed by atoms with Crippen LogP contribution in [0.3, 0.4) is 0 Å². The van der Waals surface area contributed by atoms with Crippen molar-refractivity contribution in [2.75, 3.05) is 18.5 Å². The van der Waals surface area contributed by atoms with Gasteiger partial charge in [0.2, 0.25) is 0 Å². The van der Waals surface area contributed by atoms with E-state index in [1.165, 1.54) is 0 Å². The number of thiocarbonyl (C=S) groups is 1. The molecule has 2 heterocycles. The molecule has 4 unspecified atom stereocenters. The molecule has 0 aliphatic carbocycles. The van der Waals surface area contributed by atoms with Crippen LogP contribution in [0.1, 0.15) is 5.56 Å². The molecule has 1 aromatic carbocycles. The van der Waals surface area contributed by atoms with Crippen LogP contribution in [0, 0.1) is 11.3 Å². The van der Waals surface area contributed by atoms with Crippen molar-refractivity contribution in [3.63, 3.8) is 0 Å². The van der Waals surface area contributed by atoms with E-state index in [1.807, 2.05) is 0 Å². The lowest BCUT2D eigenvalue weighted by Crippen LogP contribution is -2.45. The standard InChI is InChI=1S/C14H15N3O3S/c15-5-8-1-3-9(4-2-8)16-14(21)17-10-6-19-13-11(18)7-20-12(10)13/h1-4,10-13,18H,6-7H2,(H2,16,17,21). The molecule has 7 heteroatoms. The first-order chi connectivity index (χ1) is 10.2. The Morgan fingerprint density at radius 3 is 2.67 bits per heavy atom. The minimum Gasteiger partial charge on any atom is -0.388 e. The maximum absolute atomic E-state index is 9.68. The molecule has 1 aromatic rings. The first kappa shape index (κ1) is 14.2. The van der Waals surface area contributed by atoms with Gasteiger partial charge < -0.3 is 25.2 Å². The second-order valence-electron chi connectivity index (χ2n) is 5.06. The van der Waals surface area contributed by atoms with Crippen molar-refractivity contribution in [2.45, 2.75) is 24.4 Å². The van der Waals surface area contributed by atoms with E-state index in [9.17, 15) is 5.11 Å². The lowest BCUT2D eigenvalue weighted by Gasteiger charge is -2.19. The van der Waals surface area contributed by atoms with Crippen molar-refractivity contribution in [1.29, 1.82) is 5.26 Å². The van der Waals surface area contributed by atoms with Crippen LogP contribution in [0.25, 0.3) is 0 Å². The second-order valence-corrected chi connectivity index (χ2v) is 5.47. The van der Waals surface area contributed by atoms with Crippen LogP contribution in [0.5, 0.6) is 0 Å². The second kappa shape index (κ2) is 5.95. The molecule has 0 saturated carbocycles. The van der Waals surface area contributed by atoms with Crippen LogP contribution in [-0.4, -0.2) is 47.8 Å². The smallest absolute Gasteiger partial charge is 0.171 e. The number of hydrogen-bond donors (Lipinski definition) is 3. The van der Waals surface area contributed by atoms with Crippen LogP contribution in [0.2, 0.25) is 0 Å². The van der Waals surface area contributed by atoms with Gasteiger partial charge in [-0.25, -0.2) is 0 Å². The van der Waals surface area contributed by atoms with Crippen LogP contribution < -0.4 is 10.6 Å². The lowest BCUT2D eigenvalue weighted by molar-refractivity contribution is 0.0180. The predicted molar refractivity (Wildman–Crippen MR) is 79.8 cm³/mol. The summed E-state index contributed by atoms with van der Waals surface area (Å²) >= 11 is 5.26. The van der Waals surface area contributed by atoms with E-state index in [0.29, 0.717) is 23.9 Å². The van der Waals surface area contributed by atoms with Crippen LogP contribution >= 0.6 is 12.2 Å². The topological polar surface area (TPSA) is 86.5 Å². The van der Waals surface area contributed by atoms with E-state index in [2.05, 4.69) is 16.7 Å². The zero-order valence-electron chi connectivity index (χ0n) is 11.2. The molecule has 0 aromatic heterocycles. The van der Waals surface area contributed by atoms with E-state index in [0.717, 1.165) is 5.69 Å². The lowest BCUT2D eigenvalue weighted by atomic mass is 10.1. The molecule has 0 bridgehead atoms. The molecule has 110 valence electrons. The Hall–Kier alpha value is -1.72. The van der Waals surface area contributed by atoms with Crippen molar-refractivity contribution in [2.24, 2.45) is 0 Å². The Morgan fingerprint density at radius 2 is 1.95 bits per heavy atom. The van der Waals surface area contributed by atoms with Gasteiger partial charge in [-0.3, -0.25) is 0 Å². The Labute approximate surface area is 127 Å². The van der Waals surface area contributed by atoms with Gasteiger partial charge in [-0.05, 0) is 36.5 Å². The van der Waals surface area contributed by atoms with Gasteiger partial charge >= 0.3 is 0 Å². The third-order valence-corrected chi connectivity index (χ3v) is 3.84. The fourth-order valence-electron chi connectivity index (χ4n) is 2.57. The molecule has 2 aliphatic heterocycles. The summed E-state index contributed by atoms with van der Waals surface area (Å²) in [5.41, 5.74) is 1.40. The molecule has 3 rings (SSSR count). The third-order valence-electron chi connectivity index (χ3n) is 3.62. The van der Waals surface area contributed by atoms with Gasteiger partial charge in [-0.2, -0.15) is 5.26 Å². The molecule has 2 aliphatic rings. The number of nitrogens with zero attached hydrogens (tertiary/aromatic N) is 1. The highest BCUT2D eigenvalue weighted by atomic mass is 32.1. The van der Waals surface area contributed by atoms with Crippen molar-refractivity contribution in [3.05, 3.63) is 29.8 Å². The molecule has 0 spiro atoms. The molecule has 21 heavy (non-hydrogen) atoms. The molecule has 0 amide bonds. The molecular formula is C14H15N3O3S. The van der Waals surface area contributed by atoms with Gasteiger partial charge in [-0.1, -0.05) is 0 Å². The molecule has 4 atom stereocenters. The zero-order valence-corrected chi connectivity index (χ0v) is 12.0. The Balaban J connectivity index is 1.56. The maximum Gasteiger partial charge on any atom is 0.171 e. The first-order valence-electron chi connectivity index (χ1n) is 6.66. The largest absolute Gasteiger partial charge is 0.388 e. The number of aliphatic hydroxyl groups excluding tert-OH is 1. The minimum absolute atomic E-state index is 0.0782. The van der Waals surface area contributed by atoms with Crippen LogP contribution in [0.15, 0.2) is 24.3 Å². The summed E-state index contributed by atoms with van der Waals surface area (Å²) in [6.45, 7) is 0.741. The number of ether oxygens (including phenoxy) is 2. The maximum atomic E-state index is 9.68. The highest BCUT2D eigenvalue weighted by Gasteiger charge is 2.47. The summed E-state index contributed by atoms with van der Waals surface area (Å²) in [6, 6.07) is 9.00. The van der Waals surface area contributed by atoms with E-state index in [4.69, 9.17) is 27.0 Å². The Morgan fingerprint density at radius 1 is 1.24 bits per heavy atom. The monoisotopic (exact) mass is 305 g/mol. The summed E-state index contributed by atoms with van der Waals surface area (Å²) < 4.78 is 11.0. The van der Waals surface area contributed by atoms with E-state index >= 15 is 0 Å². The number of fused-ring (bicyclic) bond motifs is 1. The number of nitriles is 1. The van der Waals surface area contributed by atoms with E-state index in [1.54, 1.807) is 24.3 Å². The molecule has 2 saturated heterocycles.